The van der Waals surface area contributed by atoms with Crippen LogP contribution in [-0.2, 0) is 4.74 Å². The minimum absolute atomic E-state index is 0.266. The van der Waals surface area contributed by atoms with Gasteiger partial charge in [0.1, 0.15) is 5.60 Å². The second-order valence-corrected chi connectivity index (χ2v) is 8.83. The smallest absolute Gasteiger partial charge is 0.407 e. The van der Waals surface area contributed by atoms with E-state index in [0.717, 1.165) is 18.8 Å². The van der Waals surface area contributed by atoms with Gasteiger partial charge in [0.15, 0.2) is 0 Å². The summed E-state index contributed by atoms with van der Waals surface area (Å²) in [5, 5.41) is 6.73. The third kappa shape index (κ3) is 4.87. The minimum atomic E-state index is -0.420. The predicted octanol–water partition coefficient (Wildman–Crippen LogP) is 3.46. The van der Waals surface area contributed by atoms with Crippen molar-refractivity contribution in [3.8, 4) is 0 Å². The summed E-state index contributed by atoms with van der Waals surface area (Å²) < 4.78 is 5.29. The van der Waals surface area contributed by atoms with Gasteiger partial charge in [-0.15, -0.1) is 0 Å². The van der Waals surface area contributed by atoms with E-state index in [1.807, 2.05) is 20.8 Å². The summed E-state index contributed by atoms with van der Waals surface area (Å²) in [6, 6.07) is 1.45. The summed E-state index contributed by atoms with van der Waals surface area (Å²) in [7, 11) is 0. The Balaban J connectivity index is 1.67. The predicted molar refractivity (Wildman–Crippen MR) is 85.3 cm³/mol. The lowest BCUT2D eigenvalue weighted by molar-refractivity contribution is 0.0461. The highest BCUT2D eigenvalue weighted by molar-refractivity contribution is 5.68. The highest BCUT2D eigenvalue weighted by atomic mass is 16.6. The molecule has 2 aliphatic carbocycles. The Kier molecular flexibility index (Phi) is 4.57. The Morgan fingerprint density at radius 2 is 1.76 bits per heavy atom. The van der Waals surface area contributed by atoms with Gasteiger partial charge in [0, 0.05) is 18.1 Å². The Hall–Kier alpha value is -0.770. The maximum Gasteiger partial charge on any atom is 0.407 e. The number of ether oxygens (including phenoxy) is 1. The normalized spacial score (nSPS) is 35.1. The largest absolute Gasteiger partial charge is 0.444 e. The molecule has 2 unspecified atom stereocenters. The van der Waals surface area contributed by atoms with Crippen LogP contribution in [-0.4, -0.2) is 29.8 Å². The molecule has 2 N–H and O–H groups in total. The number of nitrogens with one attached hydrogen (secondary N) is 2. The van der Waals surface area contributed by atoms with E-state index < -0.39 is 5.60 Å². The number of alkyl carbamates (subject to hydrolysis) is 1. The maximum absolute atomic E-state index is 11.7. The molecule has 0 heterocycles. The molecule has 2 fully saturated rings. The molecule has 1 amide bonds. The van der Waals surface area contributed by atoms with Gasteiger partial charge < -0.3 is 15.4 Å². The Morgan fingerprint density at radius 1 is 1.14 bits per heavy atom. The molecule has 21 heavy (non-hydrogen) atoms. The first-order valence-corrected chi connectivity index (χ1v) is 8.30. The number of carbonyl (C=O) groups excluding carboxylic acids is 1. The zero-order valence-corrected chi connectivity index (χ0v) is 14.5. The number of rotatable bonds is 3. The summed E-state index contributed by atoms with van der Waals surface area (Å²) in [6.07, 6.45) is 4.30. The van der Waals surface area contributed by atoms with Gasteiger partial charge in [0.25, 0.3) is 0 Å². The SMILES string of the molecule is CC1CC(C)(C)CC1NC1CC(NC(=O)OC(C)(C)C)C1. The van der Waals surface area contributed by atoms with E-state index in [2.05, 4.69) is 31.4 Å². The van der Waals surface area contributed by atoms with Crippen LogP contribution in [0.1, 0.15) is 67.2 Å². The van der Waals surface area contributed by atoms with Crippen LogP contribution in [0.15, 0.2) is 0 Å². The summed E-state index contributed by atoms with van der Waals surface area (Å²) >= 11 is 0. The molecule has 0 saturated heterocycles. The summed E-state index contributed by atoms with van der Waals surface area (Å²) in [4.78, 5) is 11.7. The van der Waals surface area contributed by atoms with Crippen molar-refractivity contribution in [1.82, 2.24) is 10.6 Å². The quantitative estimate of drug-likeness (QED) is 0.838. The van der Waals surface area contributed by atoms with Gasteiger partial charge in [-0.2, -0.15) is 0 Å². The first-order valence-electron chi connectivity index (χ1n) is 8.30. The molecule has 0 bridgehead atoms. The van der Waals surface area contributed by atoms with Crippen molar-refractivity contribution < 1.29 is 9.53 Å². The molecular formula is C17H32N2O2. The fourth-order valence-electron chi connectivity index (χ4n) is 3.77. The molecule has 2 aliphatic rings. The molecule has 0 aromatic carbocycles. The number of hydrogen-bond donors (Lipinski definition) is 2. The lowest BCUT2D eigenvalue weighted by Gasteiger charge is -2.39. The van der Waals surface area contributed by atoms with Crippen LogP contribution in [0.2, 0.25) is 0 Å². The minimum Gasteiger partial charge on any atom is -0.444 e. The Morgan fingerprint density at radius 3 is 2.24 bits per heavy atom. The van der Waals surface area contributed by atoms with Crippen LogP contribution in [0.25, 0.3) is 0 Å². The molecule has 2 rings (SSSR count). The molecule has 0 spiro atoms. The van der Waals surface area contributed by atoms with Crippen LogP contribution in [0.4, 0.5) is 4.79 Å². The third-order valence-corrected chi connectivity index (χ3v) is 4.64. The van der Waals surface area contributed by atoms with Crippen molar-refractivity contribution >= 4 is 6.09 Å². The fourth-order valence-corrected chi connectivity index (χ4v) is 3.77. The first-order chi connectivity index (χ1) is 9.54. The molecule has 2 atom stereocenters. The van der Waals surface area contributed by atoms with E-state index in [1.165, 1.54) is 12.8 Å². The average molecular weight is 296 g/mol. The zero-order chi connectivity index (χ0) is 15.8. The summed E-state index contributed by atoms with van der Waals surface area (Å²) in [6.45, 7) is 12.7. The lowest BCUT2D eigenvalue weighted by Crippen LogP contribution is -2.55. The molecule has 0 aromatic rings. The molecule has 0 radical (unpaired) electrons. The molecule has 122 valence electrons. The molecular weight excluding hydrogens is 264 g/mol. The number of hydrogen-bond acceptors (Lipinski definition) is 3. The lowest BCUT2D eigenvalue weighted by atomic mass is 9.85. The monoisotopic (exact) mass is 296 g/mol. The van der Waals surface area contributed by atoms with E-state index >= 15 is 0 Å². The average Bonchev–Trinajstić information content (AvgIpc) is 2.45. The topological polar surface area (TPSA) is 50.4 Å². The van der Waals surface area contributed by atoms with Crippen LogP contribution >= 0.6 is 0 Å². The molecule has 0 aliphatic heterocycles. The standard InChI is InChI=1S/C17H32N2O2/c1-11-9-17(5,6)10-14(11)18-12-7-13(8-12)19-15(20)21-16(2,3)4/h11-14,18H,7-10H2,1-6H3,(H,19,20). The highest BCUT2D eigenvalue weighted by Gasteiger charge is 2.40. The van der Waals surface area contributed by atoms with Crippen molar-refractivity contribution in [2.24, 2.45) is 11.3 Å². The second-order valence-electron chi connectivity index (χ2n) is 8.83. The van der Waals surface area contributed by atoms with Gasteiger partial charge in [-0.05, 0) is 57.8 Å². The van der Waals surface area contributed by atoms with Crippen molar-refractivity contribution in [3.05, 3.63) is 0 Å². The van der Waals surface area contributed by atoms with Crippen molar-refractivity contribution in [3.63, 3.8) is 0 Å². The van der Waals surface area contributed by atoms with Gasteiger partial charge in [-0.25, -0.2) is 4.79 Å². The summed E-state index contributed by atoms with van der Waals surface area (Å²) in [5.74, 6) is 0.748. The van der Waals surface area contributed by atoms with Crippen LogP contribution in [0.3, 0.4) is 0 Å². The van der Waals surface area contributed by atoms with Gasteiger partial charge in [-0.3, -0.25) is 0 Å². The van der Waals surface area contributed by atoms with Gasteiger partial charge >= 0.3 is 6.09 Å². The summed E-state index contributed by atoms with van der Waals surface area (Å²) in [5.41, 5.74) is 0.0470. The molecule has 4 nitrogen and oxygen atoms in total. The third-order valence-electron chi connectivity index (χ3n) is 4.64. The van der Waals surface area contributed by atoms with Crippen LogP contribution in [0.5, 0.6) is 0 Å². The molecule has 2 saturated carbocycles. The Bertz CT molecular complexity index is 381. The van der Waals surface area contributed by atoms with Crippen LogP contribution in [0, 0.1) is 11.3 Å². The molecule has 0 aromatic heterocycles. The number of carbonyl (C=O) groups is 1. The van der Waals surface area contributed by atoms with Gasteiger partial charge in [-0.1, -0.05) is 20.8 Å². The van der Waals surface area contributed by atoms with E-state index in [0.29, 0.717) is 17.5 Å². The fraction of sp³-hybridized carbons (Fsp3) is 0.941. The van der Waals surface area contributed by atoms with E-state index in [-0.39, 0.29) is 12.1 Å². The zero-order valence-electron chi connectivity index (χ0n) is 14.5. The first kappa shape index (κ1) is 16.6. The second kappa shape index (κ2) is 5.79. The van der Waals surface area contributed by atoms with Crippen molar-refractivity contribution in [2.45, 2.75) is 91.0 Å². The number of amides is 1. The molecule has 4 heteroatoms. The van der Waals surface area contributed by atoms with E-state index in [4.69, 9.17) is 4.74 Å². The van der Waals surface area contributed by atoms with E-state index in [9.17, 15) is 4.79 Å². The Labute approximate surface area is 129 Å². The highest BCUT2D eigenvalue weighted by Crippen LogP contribution is 2.41. The van der Waals surface area contributed by atoms with Crippen molar-refractivity contribution in [1.29, 1.82) is 0 Å². The van der Waals surface area contributed by atoms with Crippen molar-refractivity contribution in [2.75, 3.05) is 0 Å². The van der Waals surface area contributed by atoms with Gasteiger partial charge in [0.05, 0.1) is 0 Å². The maximum atomic E-state index is 11.7. The van der Waals surface area contributed by atoms with Gasteiger partial charge in [0.2, 0.25) is 0 Å². The van der Waals surface area contributed by atoms with E-state index in [1.54, 1.807) is 0 Å². The van der Waals surface area contributed by atoms with Crippen LogP contribution < -0.4 is 10.6 Å².